The molecule has 0 aromatic carbocycles. The van der Waals surface area contributed by atoms with Crippen molar-refractivity contribution < 1.29 is 18.3 Å². The first-order chi connectivity index (χ1) is 7.90. The normalized spacial score (nSPS) is 11.6. The number of aromatic nitrogens is 1. The molecule has 0 bridgehead atoms. The largest absolute Gasteiger partial charge is 0.419 e. The fourth-order valence-corrected chi connectivity index (χ4v) is 1.76. The van der Waals surface area contributed by atoms with Crippen LogP contribution < -0.4 is 4.90 Å². The van der Waals surface area contributed by atoms with Gasteiger partial charge in [-0.05, 0) is 28.9 Å². The highest BCUT2D eigenvalue weighted by atomic mass is 79.9. The molecule has 0 radical (unpaired) electrons. The number of likely N-dealkylation sites (N-methyl/N-ethyl adjacent to an activating group) is 1. The van der Waals surface area contributed by atoms with E-state index in [-0.39, 0.29) is 23.4 Å². The number of hydrogen-bond acceptors (Lipinski definition) is 3. The smallest absolute Gasteiger partial charge is 0.395 e. The lowest BCUT2D eigenvalue weighted by atomic mass is 10.2. The van der Waals surface area contributed by atoms with Gasteiger partial charge in [-0.3, -0.25) is 0 Å². The van der Waals surface area contributed by atoms with E-state index in [1.54, 1.807) is 6.92 Å². The molecule has 0 atom stereocenters. The SMILES string of the molecule is CCN(CCO)c1ncc(Br)cc1C(F)(F)F. The first kappa shape index (κ1) is 14.2. The molecule has 1 N–H and O–H groups in total. The molecule has 0 saturated heterocycles. The fraction of sp³-hybridized carbons (Fsp3) is 0.500. The van der Waals surface area contributed by atoms with Gasteiger partial charge in [0.25, 0.3) is 0 Å². The van der Waals surface area contributed by atoms with Crippen LogP contribution in [0, 0.1) is 0 Å². The van der Waals surface area contributed by atoms with Gasteiger partial charge in [-0.25, -0.2) is 4.98 Å². The molecule has 3 nitrogen and oxygen atoms in total. The molecular weight excluding hydrogens is 301 g/mol. The molecule has 7 heteroatoms. The van der Waals surface area contributed by atoms with Crippen molar-refractivity contribution in [3.05, 3.63) is 22.3 Å². The molecule has 0 aliphatic carbocycles. The summed E-state index contributed by atoms with van der Waals surface area (Å²) in [5.41, 5.74) is -0.804. The van der Waals surface area contributed by atoms with Gasteiger partial charge in [0.1, 0.15) is 5.82 Å². The highest BCUT2D eigenvalue weighted by Crippen LogP contribution is 2.36. The van der Waals surface area contributed by atoms with E-state index in [1.165, 1.54) is 11.1 Å². The summed E-state index contributed by atoms with van der Waals surface area (Å²) in [4.78, 5) is 5.17. The van der Waals surface area contributed by atoms with Crippen molar-refractivity contribution in [2.45, 2.75) is 13.1 Å². The number of pyridine rings is 1. The summed E-state index contributed by atoms with van der Waals surface area (Å²) in [7, 11) is 0. The number of aliphatic hydroxyl groups is 1. The lowest BCUT2D eigenvalue weighted by molar-refractivity contribution is -0.137. The monoisotopic (exact) mass is 312 g/mol. The molecule has 0 amide bonds. The van der Waals surface area contributed by atoms with Crippen LogP contribution in [0.5, 0.6) is 0 Å². The molecule has 0 unspecified atom stereocenters. The Hall–Kier alpha value is -0.820. The van der Waals surface area contributed by atoms with Gasteiger partial charge < -0.3 is 10.0 Å². The molecule has 0 aliphatic heterocycles. The molecule has 1 heterocycles. The van der Waals surface area contributed by atoms with Crippen LogP contribution in [0.2, 0.25) is 0 Å². The Bertz CT molecular complexity index is 384. The Labute approximate surface area is 105 Å². The maximum absolute atomic E-state index is 12.8. The van der Waals surface area contributed by atoms with Gasteiger partial charge in [-0.15, -0.1) is 0 Å². The zero-order chi connectivity index (χ0) is 13.1. The molecule has 17 heavy (non-hydrogen) atoms. The van der Waals surface area contributed by atoms with Gasteiger partial charge in [0, 0.05) is 23.8 Å². The minimum Gasteiger partial charge on any atom is -0.395 e. The summed E-state index contributed by atoms with van der Waals surface area (Å²) >= 11 is 2.97. The van der Waals surface area contributed by atoms with Crippen LogP contribution in [-0.4, -0.2) is 29.8 Å². The van der Waals surface area contributed by atoms with Gasteiger partial charge in [0.05, 0.1) is 12.2 Å². The number of alkyl halides is 3. The maximum Gasteiger partial charge on any atom is 0.419 e. The lowest BCUT2D eigenvalue weighted by Gasteiger charge is -2.24. The predicted molar refractivity (Wildman–Crippen MR) is 61.9 cm³/mol. The van der Waals surface area contributed by atoms with Gasteiger partial charge in [0.15, 0.2) is 0 Å². The third kappa shape index (κ3) is 3.57. The van der Waals surface area contributed by atoms with Crippen LogP contribution in [0.4, 0.5) is 19.0 Å². The Balaban J connectivity index is 3.22. The Morgan fingerprint density at radius 2 is 2.12 bits per heavy atom. The molecular formula is C10H12BrF3N2O. The van der Waals surface area contributed by atoms with E-state index in [0.29, 0.717) is 6.54 Å². The van der Waals surface area contributed by atoms with Crippen LogP contribution >= 0.6 is 15.9 Å². The second-order valence-corrected chi connectivity index (χ2v) is 4.24. The van der Waals surface area contributed by atoms with Crippen molar-refractivity contribution in [1.29, 1.82) is 0 Å². The van der Waals surface area contributed by atoms with Crippen molar-refractivity contribution in [3.8, 4) is 0 Å². The third-order valence-electron chi connectivity index (χ3n) is 2.19. The van der Waals surface area contributed by atoms with E-state index in [2.05, 4.69) is 20.9 Å². The average Bonchev–Trinajstić information content (AvgIpc) is 2.25. The molecule has 0 saturated carbocycles. The first-order valence-corrected chi connectivity index (χ1v) is 5.78. The Kier molecular flexibility index (Phi) is 4.76. The number of rotatable bonds is 4. The third-order valence-corrected chi connectivity index (χ3v) is 2.62. The maximum atomic E-state index is 12.8. The van der Waals surface area contributed by atoms with Crippen LogP contribution in [0.15, 0.2) is 16.7 Å². The molecule has 0 aliphatic rings. The number of aliphatic hydroxyl groups excluding tert-OH is 1. The van der Waals surface area contributed by atoms with Crippen molar-refractivity contribution in [1.82, 2.24) is 4.98 Å². The van der Waals surface area contributed by atoms with Crippen LogP contribution in [-0.2, 0) is 6.18 Å². The van der Waals surface area contributed by atoms with Gasteiger partial charge in [-0.1, -0.05) is 0 Å². The molecule has 0 spiro atoms. The predicted octanol–water partition coefficient (Wildman–Crippen LogP) is 2.68. The lowest BCUT2D eigenvalue weighted by Crippen LogP contribution is -2.29. The van der Waals surface area contributed by atoms with E-state index in [4.69, 9.17) is 5.11 Å². The Morgan fingerprint density at radius 3 is 2.59 bits per heavy atom. The molecule has 1 aromatic rings. The highest BCUT2D eigenvalue weighted by Gasteiger charge is 2.35. The summed E-state index contributed by atoms with van der Waals surface area (Å²) < 4.78 is 38.7. The second kappa shape index (κ2) is 5.68. The highest BCUT2D eigenvalue weighted by molar-refractivity contribution is 9.10. The number of halogens is 4. The zero-order valence-corrected chi connectivity index (χ0v) is 10.7. The quantitative estimate of drug-likeness (QED) is 0.928. The summed E-state index contributed by atoms with van der Waals surface area (Å²) in [6, 6.07) is 0.988. The van der Waals surface area contributed by atoms with Crippen molar-refractivity contribution >= 4 is 21.7 Å². The molecule has 1 aromatic heterocycles. The van der Waals surface area contributed by atoms with Crippen LogP contribution in [0.1, 0.15) is 12.5 Å². The van der Waals surface area contributed by atoms with E-state index in [1.807, 2.05) is 0 Å². The van der Waals surface area contributed by atoms with E-state index < -0.39 is 11.7 Å². The number of nitrogens with zero attached hydrogens (tertiary/aromatic N) is 2. The summed E-state index contributed by atoms with van der Waals surface area (Å²) in [5, 5.41) is 8.82. The van der Waals surface area contributed by atoms with Gasteiger partial charge >= 0.3 is 6.18 Å². The first-order valence-electron chi connectivity index (χ1n) is 4.98. The average molecular weight is 313 g/mol. The Morgan fingerprint density at radius 1 is 1.47 bits per heavy atom. The summed E-state index contributed by atoms with van der Waals surface area (Å²) in [6.07, 6.45) is -3.15. The van der Waals surface area contributed by atoms with Crippen molar-refractivity contribution in [2.24, 2.45) is 0 Å². The standard InChI is InChI=1S/C10H12BrF3N2O/c1-2-16(3-4-17)9-8(10(12,13)14)5-7(11)6-15-9/h5-6,17H,2-4H2,1H3. The van der Waals surface area contributed by atoms with E-state index in [0.717, 1.165) is 6.07 Å². The van der Waals surface area contributed by atoms with Crippen LogP contribution in [0.25, 0.3) is 0 Å². The minimum atomic E-state index is -4.46. The van der Waals surface area contributed by atoms with E-state index >= 15 is 0 Å². The fourth-order valence-electron chi connectivity index (χ4n) is 1.43. The van der Waals surface area contributed by atoms with Gasteiger partial charge in [-0.2, -0.15) is 13.2 Å². The topological polar surface area (TPSA) is 36.4 Å². The van der Waals surface area contributed by atoms with Gasteiger partial charge in [0.2, 0.25) is 0 Å². The molecule has 96 valence electrons. The molecule has 1 rings (SSSR count). The summed E-state index contributed by atoms with van der Waals surface area (Å²) in [6.45, 7) is 1.95. The number of hydrogen-bond donors (Lipinski definition) is 1. The van der Waals surface area contributed by atoms with E-state index in [9.17, 15) is 13.2 Å². The molecule has 0 fully saturated rings. The van der Waals surface area contributed by atoms with Crippen LogP contribution in [0.3, 0.4) is 0 Å². The zero-order valence-electron chi connectivity index (χ0n) is 9.13. The minimum absolute atomic E-state index is 0.119. The number of anilines is 1. The van der Waals surface area contributed by atoms with Crippen molar-refractivity contribution in [3.63, 3.8) is 0 Å². The van der Waals surface area contributed by atoms with Crippen molar-refractivity contribution in [2.75, 3.05) is 24.6 Å². The second-order valence-electron chi connectivity index (χ2n) is 3.33. The summed E-state index contributed by atoms with van der Waals surface area (Å²) in [5.74, 6) is -0.155.